The summed E-state index contributed by atoms with van der Waals surface area (Å²) >= 11 is 0. The number of rotatable bonds is 3. The van der Waals surface area contributed by atoms with E-state index in [4.69, 9.17) is 0 Å². The number of benzene rings is 2. The van der Waals surface area contributed by atoms with E-state index < -0.39 is 23.7 Å². The van der Waals surface area contributed by atoms with Crippen molar-refractivity contribution in [1.82, 2.24) is 0 Å². The second-order valence-corrected chi connectivity index (χ2v) is 6.13. The smallest absolute Gasteiger partial charge is 0.360 e. The molecule has 1 aliphatic rings. The van der Waals surface area contributed by atoms with Crippen LogP contribution in [0.15, 0.2) is 48.5 Å². The first-order chi connectivity index (χ1) is 11.9. The highest BCUT2D eigenvalue weighted by Crippen LogP contribution is 2.35. The van der Waals surface area contributed by atoms with Gasteiger partial charge in [-0.25, -0.2) is 0 Å². The second kappa shape index (κ2) is 6.78. The van der Waals surface area contributed by atoms with Crippen molar-refractivity contribution in [3.63, 3.8) is 0 Å². The molecule has 0 saturated heterocycles. The predicted octanol–water partition coefficient (Wildman–Crippen LogP) is 4.49. The zero-order chi connectivity index (χ0) is 18.0. The number of carbonyl (C=O) groups is 1. The Morgan fingerprint density at radius 1 is 1.12 bits per heavy atom. The summed E-state index contributed by atoms with van der Waals surface area (Å²) < 4.78 is 39.3. The molecule has 0 spiro atoms. The first-order valence-corrected chi connectivity index (χ1v) is 8.19. The van der Waals surface area contributed by atoms with Crippen LogP contribution in [0.3, 0.4) is 0 Å². The third-order valence-corrected chi connectivity index (χ3v) is 4.48. The number of hydrogen-bond acceptors (Lipinski definition) is 2. The minimum Gasteiger partial charge on any atom is -0.360 e. The Morgan fingerprint density at radius 3 is 2.56 bits per heavy atom. The third kappa shape index (κ3) is 3.62. The molecule has 0 aromatic heterocycles. The lowest BCUT2D eigenvalue weighted by molar-refractivity contribution is -0.137. The fourth-order valence-electron chi connectivity index (χ4n) is 3.18. The lowest BCUT2D eigenvalue weighted by Crippen LogP contribution is -2.44. The molecule has 0 fully saturated rings. The van der Waals surface area contributed by atoms with Gasteiger partial charge in [-0.05, 0) is 43.5 Å². The minimum atomic E-state index is -4.51. The number of amides is 1. The van der Waals surface area contributed by atoms with Gasteiger partial charge in [-0.3, -0.25) is 4.79 Å². The van der Waals surface area contributed by atoms with E-state index in [1.54, 1.807) is 6.92 Å². The van der Waals surface area contributed by atoms with E-state index in [-0.39, 0.29) is 5.69 Å². The van der Waals surface area contributed by atoms with Crippen LogP contribution in [-0.2, 0) is 17.4 Å². The molecular formula is C19H19F3N2O. The number of nitrogens with zero attached hydrogens (tertiary/aromatic N) is 1. The van der Waals surface area contributed by atoms with Crippen molar-refractivity contribution in [3.05, 3.63) is 59.7 Å². The fourth-order valence-corrected chi connectivity index (χ4v) is 3.18. The van der Waals surface area contributed by atoms with Crippen molar-refractivity contribution >= 4 is 17.3 Å². The monoisotopic (exact) mass is 348 g/mol. The summed E-state index contributed by atoms with van der Waals surface area (Å²) in [5.74, 6) is -0.451. The Kier molecular flexibility index (Phi) is 4.70. The van der Waals surface area contributed by atoms with E-state index in [0.29, 0.717) is 6.54 Å². The van der Waals surface area contributed by atoms with Crippen molar-refractivity contribution in [2.24, 2.45) is 0 Å². The van der Waals surface area contributed by atoms with Gasteiger partial charge in [0.25, 0.3) is 0 Å². The average Bonchev–Trinajstić information content (AvgIpc) is 2.60. The summed E-state index contributed by atoms with van der Waals surface area (Å²) in [5.41, 5.74) is 1.08. The Labute approximate surface area is 144 Å². The lowest BCUT2D eigenvalue weighted by atomic mass is 10.00. The lowest BCUT2D eigenvalue weighted by Gasteiger charge is -2.35. The van der Waals surface area contributed by atoms with Crippen molar-refractivity contribution in [3.8, 4) is 0 Å². The second-order valence-electron chi connectivity index (χ2n) is 6.13. The standard InChI is InChI=1S/C19H19F3N2O/c1-13(24-12-6-8-14-7-2-5-11-17(14)24)18(25)23-16-10-4-3-9-15(16)19(20,21)22/h2-5,7,9-11,13H,6,8,12H2,1H3,(H,23,25). The molecule has 1 unspecified atom stereocenters. The fraction of sp³-hybridized carbons (Fsp3) is 0.316. The van der Waals surface area contributed by atoms with Gasteiger partial charge in [-0.15, -0.1) is 0 Å². The first-order valence-electron chi connectivity index (χ1n) is 8.19. The molecule has 3 rings (SSSR count). The Hall–Kier alpha value is -2.50. The summed E-state index contributed by atoms with van der Waals surface area (Å²) in [6.07, 6.45) is -2.66. The van der Waals surface area contributed by atoms with Crippen LogP contribution in [0.25, 0.3) is 0 Å². The molecule has 1 heterocycles. The first kappa shape index (κ1) is 17.3. The number of anilines is 2. The molecule has 1 N–H and O–H groups in total. The van der Waals surface area contributed by atoms with Gasteiger partial charge in [0.05, 0.1) is 11.3 Å². The average molecular weight is 348 g/mol. The molecular weight excluding hydrogens is 329 g/mol. The van der Waals surface area contributed by atoms with Crippen molar-refractivity contribution in [2.75, 3.05) is 16.8 Å². The number of aryl methyl sites for hydroxylation is 1. The van der Waals surface area contributed by atoms with Crippen molar-refractivity contribution < 1.29 is 18.0 Å². The Bertz CT molecular complexity index is 773. The molecule has 6 heteroatoms. The number of hydrogen-bond donors (Lipinski definition) is 1. The van der Waals surface area contributed by atoms with Gasteiger partial charge in [0.15, 0.2) is 0 Å². The van der Waals surface area contributed by atoms with Crippen LogP contribution in [0.1, 0.15) is 24.5 Å². The number of halogens is 3. The maximum Gasteiger partial charge on any atom is 0.418 e. The van der Waals surface area contributed by atoms with Gasteiger partial charge < -0.3 is 10.2 Å². The van der Waals surface area contributed by atoms with Crippen LogP contribution >= 0.6 is 0 Å². The Morgan fingerprint density at radius 2 is 1.80 bits per heavy atom. The molecule has 132 valence electrons. The highest BCUT2D eigenvalue weighted by atomic mass is 19.4. The van der Waals surface area contributed by atoms with Crippen LogP contribution < -0.4 is 10.2 Å². The summed E-state index contributed by atoms with van der Waals surface area (Å²) in [5, 5.41) is 2.44. The number of nitrogens with one attached hydrogen (secondary N) is 1. The number of para-hydroxylation sites is 2. The van der Waals surface area contributed by atoms with E-state index in [1.807, 2.05) is 29.2 Å². The van der Waals surface area contributed by atoms with Crippen molar-refractivity contribution in [1.29, 1.82) is 0 Å². The van der Waals surface area contributed by atoms with E-state index in [9.17, 15) is 18.0 Å². The molecule has 0 aliphatic carbocycles. The largest absolute Gasteiger partial charge is 0.418 e. The molecule has 25 heavy (non-hydrogen) atoms. The van der Waals surface area contributed by atoms with Crippen LogP contribution in [0, 0.1) is 0 Å². The van der Waals surface area contributed by atoms with E-state index in [0.717, 1.165) is 30.2 Å². The zero-order valence-corrected chi connectivity index (χ0v) is 13.8. The topological polar surface area (TPSA) is 32.3 Å². The van der Waals surface area contributed by atoms with Crippen LogP contribution in [0.4, 0.5) is 24.5 Å². The third-order valence-electron chi connectivity index (χ3n) is 4.48. The molecule has 2 aromatic rings. The van der Waals surface area contributed by atoms with E-state index in [1.165, 1.54) is 18.2 Å². The van der Waals surface area contributed by atoms with E-state index in [2.05, 4.69) is 5.32 Å². The Balaban J connectivity index is 1.81. The minimum absolute atomic E-state index is 0.211. The van der Waals surface area contributed by atoms with Gasteiger partial charge in [0.1, 0.15) is 6.04 Å². The molecule has 3 nitrogen and oxygen atoms in total. The molecule has 0 bridgehead atoms. The van der Waals surface area contributed by atoms with Gasteiger partial charge >= 0.3 is 6.18 Å². The molecule has 0 saturated carbocycles. The molecule has 1 aliphatic heterocycles. The quantitative estimate of drug-likeness (QED) is 0.887. The van der Waals surface area contributed by atoms with Crippen LogP contribution in [-0.4, -0.2) is 18.5 Å². The maximum atomic E-state index is 13.1. The van der Waals surface area contributed by atoms with Crippen LogP contribution in [0.5, 0.6) is 0 Å². The highest BCUT2D eigenvalue weighted by molar-refractivity contribution is 5.97. The highest BCUT2D eigenvalue weighted by Gasteiger charge is 2.34. The molecule has 0 radical (unpaired) electrons. The van der Waals surface area contributed by atoms with E-state index >= 15 is 0 Å². The van der Waals surface area contributed by atoms with Crippen LogP contribution in [0.2, 0.25) is 0 Å². The maximum absolute atomic E-state index is 13.1. The normalized spacial score (nSPS) is 15.4. The summed E-state index contributed by atoms with van der Waals surface area (Å²) in [4.78, 5) is 14.5. The number of alkyl halides is 3. The summed E-state index contributed by atoms with van der Waals surface area (Å²) in [6.45, 7) is 2.42. The summed E-state index contributed by atoms with van der Waals surface area (Å²) in [6, 6.07) is 12.3. The number of fused-ring (bicyclic) bond motifs is 1. The number of carbonyl (C=O) groups excluding carboxylic acids is 1. The SMILES string of the molecule is CC(C(=O)Nc1ccccc1C(F)(F)F)N1CCCc2ccccc21. The van der Waals surface area contributed by atoms with Gasteiger partial charge in [0.2, 0.25) is 5.91 Å². The van der Waals surface area contributed by atoms with Gasteiger partial charge in [-0.1, -0.05) is 30.3 Å². The summed E-state index contributed by atoms with van der Waals surface area (Å²) in [7, 11) is 0. The van der Waals surface area contributed by atoms with Gasteiger partial charge in [-0.2, -0.15) is 13.2 Å². The molecule has 1 amide bonds. The molecule has 2 aromatic carbocycles. The van der Waals surface area contributed by atoms with Crippen molar-refractivity contribution in [2.45, 2.75) is 32.0 Å². The molecule has 1 atom stereocenters. The van der Waals surface area contributed by atoms with Gasteiger partial charge in [0, 0.05) is 12.2 Å². The zero-order valence-electron chi connectivity index (χ0n) is 13.8. The predicted molar refractivity (Wildman–Crippen MR) is 91.6 cm³/mol.